The molecule has 0 spiro atoms. The molecule has 0 bridgehead atoms. The van der Waals surface area contributed by atoms with Crippen LogP contribution in [0.2, 0.25) is 0 Å². The number of hydrogen-bond donors (Lipinski definition) is 0. The molecule has 0 amide bonds. The van der Waals surface area contributed by atoms with Crippen LogP contribution in [0.25, 0.3) is 99.4 Å². The van der Waals surface area contributed by atoms with Crippen LogP contribution in [-0.4, -0.2) is 9.97 Å². The van der Waals surface area contributed by atoms with E-state index >= 15 is 0 Å². The summed E-state index contributed by atoms with van der Waals surface area (Å²) in [4.78, 5) is 10.7. The van der Waals surface area contributed by atoms with Gasteiger partial charge in [-0.15, -0.1) is 0 Å². The van der Waals surface area contributed by atoms with Crippen molar-refractivity contribution in [3.63, 3.8) is 0 Å². The number of rotatable bonds is 7. The highest BCUT2D eigenvalue weighted by atomic mass is 14.9. The van der Waals surface area contributed by atoms with Gasteiger partial charge in [-0.05, 0) is 108 Å². The monoisotopic (exact) mass is 776 g/mol. The summed E-state index contributed by atoms with van der Waals surface area (Å²) in [5.41, 5.74) is 14.3. The highest BCUT2D eigenvalue weighted by Crippen LogP contribution is 2.40. The van der Waals surface area contributed by atoms with Crippen LogP contribution in [0.1, 0.15) is 17.8 Å². The lowest BCUT2D eigenvalue weighted by atomic mass is 9.91. The second-order valence-electron chi connectivity index (χ2n) is 15.7. The van der Waals surface area contributed by atoms with Crippen molar-refractivity contribution in [3.8, 4) is 55.9 Å². The van der Waals surface area contributed by atoms with Crippen molar-refractivity contribution >= 4 is 43.5 Å². The Kier molecular flexibility index (Phi) is 9.29. The van der Waals surface area contributed by atoms with E-state index in [1.54, 1.807) is 0 Å². The van der Waals surface area contributed by atoms with E-state index in [0.29, 0.717) is 6.42 Å². The maximum atomic E-state index is 5.39. The van der Waals surface area contributed by atoms with Crippen LogP contribution in [0, 0.1) is 0 Å². The normalized spacial score (nSPS) is 12.7. The van der Waals surface area contributed by atoms with Gasteiger partial charge in [0.15, 0.2) is 5.82 Å². The zero-order valence-electron chi connectivity index (χ0n) is 33.5. The van der Waals surface area contributed by atoms with Crippen molar-refractivity contribution in [2.24, 2.45) is 0 Å². The molecular weight excluding hydrogens is 737 g/mol. The maximum Gasteiger partial charge on any atom is 0.156 e. The summed E-state index contributed by atoms with van der Waals surface area (Å²) in [7, 11) is 0. The molecule has 1 aliphatic carbocycles. The van der Waals surface area contributed by atoms with Crippen molar-refractivity contribution in [2.75, 3.05) is 0 Å². The predicted molar refractivity (Wildman–Crippen MR) is 258 cm³/mol. The van der Waals surface area contributed by atoms with Gasteiger partial charge in [0.25, 0.3) is 0 Å². The number of nitrogens with zero attached hydrogens (tertiary/aromatic N) is 2. The lowest BCUT2D eigenvalue weighted by Crippen LogP contribution is -2.00. The maximum absolute atomic E-state index is 5.39. The molecule has 0 radical (unpaired) electrons. The summed E-state index contributed by atoms with van der Waals surface area (Å²) < 4.78 is 0. The first-order chi connectivity index (χ1) is 30.2. The zero-order chi connectivity index (χ0) is 40.5. The summed E-state index contributed by atoms with van der Waals surface area (Å²) in [6, 6.07) is 74.0. The Bertz CT molecular complexity index is 3340. The molecule has 0 atom stereocenters. The molecule has 0 saturated carbocycles. The summed E-state index contributed by atoms with van der Waals surface area (Å²) in [6.07, 6.45) is 9.47. The number of aromatic nitrogens is 2. The summed E-state index contributed by atoms with van der Waals surface area (Å²) in [6.45, 7) is 0. The summed E-state index contributed by atoms with van der Waals surface area (Å²) in [5.74, 6) is 0.729. The van der Waals surface area contributed by atoms with Gasteiger partial charge in [-0.2, -0.15) is 0 Å². The van der Waals surface area contributed by atoms with Crippen molar-refractivity contribution in [1.29, 1.82) is 0 Å². The second kappa shape index (κ2) is 15.7. The van der Waals surface area contributed by atoms with Crippen LogP contribution in [-0.2, 0) is 0 Å². The summed E-state index contributed by atoms with van der Waals surface area (Å²) in [5, 5.41) is 7.67. The fourth-order valence-corrected chi connectivity index (χ4v) is 8.91. The van der Waals surface area contributed by atoms with Gasteiger partial charge in [-0.25, -0.2) is 9.97 Å². The average molecular weight is 777 g/mol. The fourth-order valence-electron chi connectivity index (χ4n) is 8.91. The first-order valence-corrected chi connectivity index (χ1v) is 21.0. The van der Waals surface area contributed by atoms with E-state index in [-0.39, 0.29) is 0 Å². The van der Waals surface area contributed by atoms with Gasteiger partial charge in [-0.3, -0.25) is 0 Å². The Morgan fingerprint density at radius 1 is 0.328 bits per heavy atom. The Balaban J connectivity index is 1.03. The Hall–Kier alpha value is -7.94. The van der Waals surface area contributed by atoms with E-state index in [1.807, 2.05) is 0 Å². The minimum absolute atomic E-state index is 0.713. The highest BCUT2D eigenvalue weighted by Gasteiger charge is 2.17. The molecule has 286 valence electrons. The summed E-state index contributed by atoms with van der Waals surface area (Å²) >= 11 is 0. The number of fused-ring (bicyclic) bond motifs is 6. The first kappa shape index (κ1) is 36.2. The molecule has 0 fully saturated rings. The smallest absolute Gasteiger partial charge is 0.156 e. The molecule has 1 aromatic heterocycles. The Morgan fingerprint density at radius 3 is 1.56 bits per heavy atom. The van der Waals surface area contributed by atoms with Crippen molar-refractivity contribution in [1.82, 2.24) is 9.97 Å². The lowest BCUT2D eigenvalue weighted by molar-refractivity contribution is 1.11. The molecule has 61 heavy (non-hydrogen) atoms. The molecule has 10 aromatic rings. The minimum atomic E-state index is 0.713. The van der Waals surface area contributed by atoms with Gasteiger partial charge in [0.1, 0.15) is 0 Å². The predicted octanol–water partition coefficient (Wildman–Crippen LogP) is 15.7. The van der Waals surface area contributed by atoms with Gasteiger partial charge in [0.2, 0.25) is 0 Å². The SMILES string of the molecule is C1=CC(c2ccccc2)=CCC(c2nc(-c3cccc(-c4ccccc4)c3)cc(-c3ccccc3-c3cccc(-c4ccc5c6ccccc6c6ccccc6c5c4)c3)n2)=C1. The number of allylic oxidation sites excluding steroid dienone is 6. The van der Waals surface area contributed by atoms with Crippen molar-refractivity contribution < 1.29 is 0 Å². The third-order valence-corrected chi connectivity index (χ3v) is 12.0. The van der Waals surface area contributed by atoms with Crippen molar-refractivity contribution in [3.05, 3.63) is 242 Å². The van der Waals surface area contributed by atoms with Gasteiger partial charge < -0.3 is 0 Å². The van der Waals surface area contributed by atoms with E-state index in [1.165, 1.54) is 60.1 Å². The minimum Gasteiger partial charge on any atom is -0.228 e. The largest absolute Gasteiger partial charge is 0.228 e. The molecule has 2 nitrogen and oxygen atoms in total. The van der Waals surface area contributed by atoms with Gasteiger partial charge in [0, 0.05) is 16.7 Å². The molecule has 9 aromatic carbocycles. The van der Waals surface area contributed by atoms with Crippen LogP contribution in [0.5, 0.6) is 0 Å². The van der Waals surface area contributed by atoms with Gasteiger partial charge >= 0.3 is 0 Å². The fraction of sp³-hybridized carbons (Fsp3) is 0.0169. The highest BCUT2D eigenvalue weighted by molar-refractivity contribution is 6.25. The molecule has 1 heterocycles. The van der Waals surface area contributed by atoms with Gasteiger partial charge in [0.05, 0.1) is 11.4 Å². The second-order valence-corrected chi connectivity index (χ2v) is 15.7. The molecule has 0 unspecified atom stereocenters. The number of hydrogen-bond acceptors (Lipinski definition) is 2. The van der Waals surface area contributed by atoms with E-state index in [2.05, 4.69) is 231 Å². The van der Waals surface area contributed by atoms with Crippen LogP contribution in [0.4, 0.5) is 0 Å². The van der Waals surface area contributed by atoms with Crippen LogP contribution in [0.3, 0.4) is 0 Å². The third-order valence-electron chi connectivity index (χ3n) is 12.0. The molecule has 2 heteroatoms. The van der Waals surface area contributed by atoms with Crippen LogP contribution < -0.4 is 0 Å². The Morgan fingerprint density at radius 2 is 0.836 bits per heavy atom. The average Bonchev–Trinajstić information content (AvgIpc) is 3.61. The zero-order valence-corrected chi connectivity index (χ0v) is 33.5. The van der Waals surface area contributed by atoms with E-state index in [9.17, 15) is 0 Å². The van der Waals surface area contributed by atoms with E-state index in [0.717, 1.165) is 50.6 Å². The van der Waals surface area contributed by atoms with E-state index < -0.39 is 0 Å². The molecule has 0 saturated heterocycles. The third kappa shape index (κ3) is 6.94. The lowest BCUT2D eigenvalue weighted by Gasteiger charge is -2.15. The molecule has 1 aliphatic rings. The standard InChI is InChI=1S/C59H40N2/c1-3-16-40(17-4-1)42-20-13-21-43(33-32-42)59-60-57(48-25-15-22-44(37-48)41-18-5-2-6-19-41)39-58(61-59)55-31-12-7-26-49(55)47-24-14-23-45(36-47)46-34-35-54-52-29-9-8-27-50(52)51-28-10-11-30-53(51)56(54)38-46/h1-32,34-39H,33H2. The van der Waals surface area contributed by atoms with E-state index in [4.69, 9.17) is 9.97 Å². The molecule has 0 N–H and O–H groups in total. The van der Waals surface area contributed by atoms with Crippen LogP contribution >= 0.6 is 0 Å². The molecule has 11 rings (SSSR count). The first-order valence-electron chi connectivity index (χ1n) is 21.0. The molecular formula is C59H40N2. The topological polar surface area (TPSA) is 25.8 Å². The molecule has 0 aliphatic heterocycles. The quantitative estimate of drug-likeness (QED) is 0.151. The van der Waals surface area contributed by atoms with Crippen molar-refractivity contribution in [2.45, 2.75) is 6.42 Å². The van der Waals surface area contributed by atoms with Gasteiger partial charge in [-0.1, -0.05) is 206 Å². The Labute approximate surface area is 356 Å². The van der Waals surface area contributed by atoms with Crippen LogP contribution in [0.15, 0.2) is 231 Å². The number of benzene rings is 9.